The summed E-state index contributed by atoms with van der Waals surface area (Å²) in [5, 5.41) is 18.4. The van der Waals surface area contributed by atoms with Gasteiger partial charge < -0.3 is 19.8 Å². The van der Waals surface area contributed by atoms with Gasteiger partial charge in [0.2, 0.25) is 0 Å². The van der Waals surface area contributed by atoms with Gasteiger partial charge in [-0.05, 0) is 12.8 Å². The van der Waals surface area contributed by atoms with Gasteiger partial charge in [-0.3, -0.25) is 0 Å². The van der Waals surface area contributed by atoms with Crippen LogP contribution in [-0.2, 0) is 9.59 Å². The molecule has 0 N–H and O–H groups in total. The Labute approximate surface area is 62.4 Å². The van der Waals surface area contributed by atoms with Crippen LogP contribution in [0.4, 0.5) is 0 Å². The summed E-state index contributed by atoms with van der Waals surface area (Å²) >= 11 is 5.11. The minimum Gasteiger partial charge on any atom is -0.550 e. The maximum Gasteiger partial charge on any atom is 0.0734 e. The molecule has 0 saturated carbocycles. The van der Waals surface area contributed by atoms with Crippen LogP contribution >= 0.6 is 11.6 Å². The van der Waals surface area contributed by atoms with Gasteiger partial charge in [0.15, 0.2) is 0 Å². The third kappa shape index (κ3) is 4.14. The average molecular weight is 165 g/mol. The van der Waals surface area contributed by atoms with Crippen molar-refractivity contribution in [1.82, 2.24) is 0 Å². The first-order valence-corrected chi connectivity index (χ1v) is 3.02. The molecule has 0 fully saturated rings. The van der Waals surface area contributed by atoms with Gasteiger partial charge in [-0.2, -0.15) is 0 Å². The highest BCUT2D eigenvalue weighted by atomic mass is 35.5. The third-order valence-electron chi connectivity index (χ3n) is 0.858. The van der Waals surface area contributed by atoms with E-state index in [1.165, 1.54) is 0 Å². The van der Waals surface area contributed by atoms with Crippen molar-refractivity contribution in [2.75, 3.05) is 0 Å². The summed E-state index contributed by atoms with van der Waals surface area (Å²) in [5.41, 5.74) is 0. The monoisotopic (exact) mass is 164 g/mol. The molecule has 0 amide bonds. The summed E-state index contributed by atoms with van der Waals surface area (Å²) in [6, 6.07) is 0. The minimum absolute atomic E-state index is 0.160. The molecule has 4 nitrogen and oxygen atoms in total. The van der Waals surface area contributed by atoms with E-state index in [2.05, 4.69) is 0 Å². The van der Waals surface area contributed by atoms with Crippen molar-refractivity contribution in [2.24, 2.45) is 0 Å². The summed E-state index contributed by atoms with van der Waals surface area (Å²) in [7, 11) is 0. The van der Waals surface area contributed by atoms with E-state index in [1.807, 2.05) is 0 Å². The van der Waals surface area contributed by atoms with Crippen LogP contribution in [0.2, 0.25) is 0 Å². The van der Waals surface area contributed by atoms with Crippen LogP contribution < -0.4 is 10.2 Å². The Morgan fingerprint density at radius 1 is 1.40 bits per heavy atom. The highest BCUT2D eigenvalue weighted by molar-refractivity contribution is 6.29. The van der Waals surface area contributed by atoms with Gasteiger partial charge >= 0.3 is 0 Å². The van der Waals surface area contributed by atoms with E-state index in [4.69, 9.17) is 11.6 Å². The Kier molecular flexibility index (Phi) is 3.79. The zero-order chi connectivity index (χ0) is 8.15. The van der Waals surface area contributed by atoms with E-state index in [-0.39, 0.29) is 12.8 Å². The summed E-state index contributed by atoms with van der Waals surface area (Å²) in [6.07, 6.45) is -0.519. The van der Waals surface area contributed by atoms with E-state index < -0.39 is 17.3 Å². The molecule has 58 valence electrons. The molecule has 0 aliphatic carbocycles. The van der Waals surface area contributed by atoms with Crippen molar-refractivity contribution < 1.29 is 19.8 Å². The number of alkyl halides is 1. The molecule has 0 rings (SSSR count). The second-order valence-electron chi connectivity index (χ2n) is 1.70. The summed E-state index contributed by atoms with van der Waals surface area (Å²) in [4.78, 5) is 19.6. The lowest BCUT2D eigenvalue weighted by molar-refractivity contribution is -0.307. The lowest BCUT2D eigenvalue weighted by Crippen LogP contribution is -2.33. The number of carboxylic acid groups (broad SMARTS) is 2. The molecule has 10 heavy (non-hydrogen) atoms. The van der Waals surface area contributed by atoms with Crippen molar-refractivity contribution in [3.63, 3.8) is 0 Å². The molecular formula is C5H5ClO4-2. The topological polar surface area (TPSA) is 80.3 Å². The van der Waals surface area contributed by atoms with Crippen molar-refractivity contribution >= 4 is 23.5 Å². The summed E-state index contributed by atoms with van der Waals surface area (Å²) in [5.74, 6) is -2.77. The molecule has 0 aliphatic heterocycles. The highest BCUT2D eigenvalue weighted by Gasteiger charge is 2.03. The van der Waals surface area contributed by atoms with Gasteiger partial charge in [0.25, 0.3) is 0 Å². The quantitative estimate of drug-likeness (QED) is 0.445. The molecule has 0 aromatic carbocycles. The van der Waals surface area contributed by atoms with E-state index in [9.17, 15) is 19.8 Å². The largest absolute Gasteiger partial charge is 0.550 e. The molecule has 0 aliphatic rings. The molecule has 0 saturated heterocycles. The number of hydrogen-bond donors (Lipinski definition) is 0. The van der Waals surface area contributed by atoms with Crippen molar-refractivity contribution in [3.05, 3.63) is 0 Å². The molecule has 1 atom stereocenters. The molecule has 0 aromatic heterocycles. The fraction of sp³-hybridized carbons (Fsp3) is 0.600. The van der Waals surface area contributed by atoms with E-state index in [0.29, 0.717) is 0 Å². The van der Waals surface area contributed by atoms with Crippen molar-refractivity contribution in [2.45, 2.75) is 18.2 Å². The Balaban J connectivity index is 3.49. The molecule has 0 aromatic rings. The maximum atomic E-state index is 9.86. The zero-order valence-corrected chi connectivity index (χ0v) is 5.76. The lowest BCUT2D eigenvalue weighted by atomic mass is 10.2. The van der Waals surface area contributed by atoms with Gasteiger partial charge in [0.1, 0.15) is 0 Å². The van der Waals surface area contributed by atoms with Crippen molar-refractivity contribution in [3.8, 4) is 0 Å². The fourth-order valence-electron chi connectivity index (χ4n) is 0.362. The molecule has 0 spiro atoms. The standard InChI is InChI=1S/C5H7ClO4/c6-3(5(9)10)1-2-4(7)8/h3H,1-2H2,(H,7,8)(H,9,10)/p-2. The lowest BCUT2D eigenvalue weighted by Gasteiger charge is -2.09. The number of carbonyl (C=O) groups excluding carboxylic acids is 2. The maximum absolute atomic E-state index is 9.86. The molecular weight excluding hydrogens is 160 g/mol. The van der Waals surface area contributed by atoms with Crippen LogP contribution in [0.3, 0.4) is 0 Å². The highest BCUT2D eigenvalue weighted by Crippen LogP contribution is 2.02. The van der Waals surface area contributed by atoms with Gasteiger partial charge in [-0.15, -0.1) is 11.6 Å². The third-order valence-corrected chi connectivity index (χ3v) is 1.25. The van der Waals surface area contributed by atoms with Crippen molar-refractivity contribution in [1.29, 1.82) is 0 Å². The number of halogens is 1. The Morgan fingerprint density at radius 2 is 1.90 bits per heavy atom. The van der Waals surface area contributed by atoms with Crippen LogP contribution in [0, 0.1) is 0 Å². The second kappa shape index (κ2) is 4.11. The van der Waals surface area contributed by atoms with Crippen LogP contribution in [0.15, 0.2) is 0 Å². The van der Waals surface area contributed by atoms with Crippen LogP contribution in [0.25, 0.3) is 0 Å². The van der Waals surface area contributed by atoms with E-state index >= 15 is 0 Å². The smallest absolute Gasteiger partial charge is 0.0734 e. The zero-order valence-electron chi connectivity index (χ0n) is 5.00. The molecule has 0 radical (unpaired) electrons. The van der Waals surface area contributed by atoms with Gasteiger partial charge in [0.05, 0.1) is 11.3 Å². The molecule has 0 bridgehead atoms. The minimum atomic E-state index is -1.46. The van der Waals surface area contributed by atoms with Crippen LogP contribution in [0.1, 0.15) is 12.8 Å². The predicted octanol–water partition coefficient (Wildman–Crippen LogP) is -2.13. The van der Waals surface area contributed by atoms with E-state index in [0.717, 1.165) is 0 Å². The average Bonchev–Trinajstić information content (AvgIpc) is 1.82. The Bertz CT molecular complexity index is 145. The van der Waals surface area contributed by atoms with Crippen LogP contribution in [0.5, 0.6) is 0 Å². The fourth-order valence-corrected chi connectivity index (χ4v) is 0.472. The SMILES string of the molecule is O=C([O-])CCC(Cl)C(=O)[O-]. The number of rotatable bonds is 4. The number of carbonyl (C=O) groups is 2. The van der Waals surface area contributed by atoms with Gasteiger partial charge in [0, 0.05) is 5.97 Å². The summed E-state index contributed by atoms with van der Waals surface area (Å²) < 4.78 is 0. The second-order valence-corrected chi connectivity index (χ2v) is 2.22. The van der Waals surface area contributed by atoms with Crippen LogP contribution in [-0.4, -0.2) is 17.3 Å². The van der Waals surface area contributed by atoms with E-state index in [1.54, 1.807) is 0 Å². The van der Waals surface area contributed by atoms with Gasteiger partial charge in [-0.1, -0.05) is 0 Å². The Morgan fingerprint density at radius 3 is 2.20 bits per heavy atom. The number of carboxylic acids is 2. The predicted molar refractivity (Wildman–Crippen MR) is 28.9 cm³/mol. The first-order valence-electron chi connectivity index (χ1n) is 2.59. The number of aliphatic carboxylic acids is 2. The Hall–Kier alpha value is -0.770. The first-order chi connectivity index (χ1) is 4.54. The van der Waals surface area contributed by atoms with Gasteiger partial charge in [-0.25, -0.2) is 0 Å². The normalized spacial score (nSPS) is 12.5. The number of hydrogen-bond acceptors (Lipinski definition) is 4. The first kappa shape index (κ1) is 9.23. The molecule has 5 heteroatoms. The summed E-state index contributed by atoms with van der Waals surface area (Å²) in [6.45, 7) is 0. The molecule has 0 heterocycles. The molecule has 1 unspecified atom stereocenters.